The monoisotopic (exact) mass is 840 g/mol. The van der Waals surface area contributed by atoms with E-state index in [1.165, 1.54) is 37.7 Å². The van der Waals surface area contributed by atoms with Crippen molar-refractivity contribution in [2.45, 2.75) is 50.5 Å². The molecule has 0 saturated carbocycles. The Labute approximate surface area is 349 Å². The molecule has 1 atom stereocenters. The number of anilines is 3. The van der Waals surface area contributed by atoms with Crippen molar-refractivity contribution in [3.63, 3.8) is 0 Å². The smallest absolute Gasteiger partial charge is 0.262 e. The lowest BCUT2D eigenvalue weighted by Gasteiger charge is -2.37. The molecule has 5 heterocycles. The Morgan fingerprint density at radius 2 is 1.65 bits per heavy atom. The fraction of sp³-hybridized carbons (Fsp3) is 0.372. The first-order valence-corrected chi connectivity index (χ1v) is 20.4. The number of nitrogens with one attached hydrogen (secondary N) is 3. The maximum absolute atomic E-state index is 15.5. The number of carbonyl (C=O) groups is 5. The first-order chi connectivity index (χ1) is 28.9. The minimum Gasteiger partial charge on any atom is -0.494 e. The van der Waals surface area contributed by atoms with Gasteiger partial charge in [-0.15, -0.1) is 0 Å². The van der Waals surface area contributed by atoms with E-state index in [2.05, 4.69) is 35.7 Å². The van der Waals surface area contributed by atoms with E-state index in [0.717, 1.165) is 56.5 Å². The molecule has 8 rings (SSSR count). The van der Waals surface area contributed by atoms with Crippen LogP contribution in [0.4, 0.5) is 26.0 Å². The van der Waals surface area contributed by atoms with E-state index in [4.69, 9.17) is 16.3 Å². The zero-order chi connectivity index (χ0) is 42.1. The van der Waals surface area contributed by atoms with Crippen LogP contribution < -0.4 is 20.7 Å². The second-order valence-corrected chi connectivity index (χ2v) is 16.0. The minimum absolute atomic E-state index is 0.0157. The van der Waals surface area contributed by atoms with Crippen molar-refractivity contribution in [3.05, 3.63) is 94.3 Å². The lowest BCUT2D eigenvalue weighted by Crippen LogP contribution is -2.54. The van der Waals surface area contributed by atoms with Crippen LogP contribution in [0.15, 0.2) is 60.9 Å². The Balaban J connectivity index is 0.799. The second kappa shape index (κ2) is 17.4. The van der Waals surface area contributed by atoms with Crippen LogP contribution in [0.3, 0.4) is 0 Å². The number of likely N-dealkylation sites (tertiary alicyclic amines) is 2. The van der Waals surface area contributed by atoms with Gasteiger partial charge in [0, 0.05) is 42.7 Å². The third-order valence-corrected chi connectivity index (χ3v) is 12.1. The van der Waals surface area contributed by atoms with Gasteiger partial charge in [-0.3, -0.25) is 39.1 Å². The molecule has 14 nitrogen and oxygen atoms in total. The van der Waals surface area contributed by atoms with Gasteiger partial charge in [-0.1, -0.05) is 17.7 Å². The van der Waals surface area contributed by atoms with Crippen molar-refractivity contribution >= 4 is 69.2 Å². The highest BCUT2D eigenvalue weighted by Gasteiger charge is 2.45. The predicted molar refractivity (Wildman–Crippen MR) is 219 cm³/mol. The summed E-state index contributed by atoms with van der Waals surface area (Å²) >= 11 is 5.96. The van der Waals surface area contributed by atoms with Gasteiger partial charge in [-0.25, -0.2) is 18.7 Å². The van der Waals surface area contributed by atoms with Crippen LogP contribution in [-0.2, 0) is 14.4 Å². The minimum atomic E-state index is -1.10. The summed E-state index contributed by atoms with van der Waals surface area (Å²) in [6.07, 6.45) is 8.24. The summed E-state index contributed by atoms with van der Waals surface area (Å²) < 4.78 is 34.7. The molecule has 5 amide bonds. The maximum atomic E-state index is 15.5. The van der Waals surface area contributed by atoms with Gasteiger partial charge < -0.3 is 20.3 Å². The van der Waals surface area contributed by atoms with Gasteiger partial charge in [0.1, 0.15) is 35.6 Å². The number of halogens is 3. The molecule has 3 saturated heterocycles. The van der Waals surface area contributed by atoms with E-state index in [1.54, 1.807) is 18.2 Å². The molecular formula is C43H43ClF2N8O6. The molecule has 0 radical (unpaired) electrons. The molecule has 0 spiro atoms. The highest BCUT2D eigenvalue weighted by atomic mass is 35.5. The van der Waals surface area contributed by atoms with Gasteiger partial charge in [0.15, 0.2) is 0 Å². The van der Waals surface area contributed by atoms with Gasteiger partial charge in [0.2, 0.25) is 17.7 Å². The molecule has 60 heavy (non-hydrogen) atoms. The van der Waals surface area contributed by atoms with Crippen LogP contribution in [0, 0.1) is 17.6 Å². The lowest BCUT2D eigenvalue weighted by atomic mass is 9.86. The number of hydrogen-bond donors (Lipinski definition) is 3. The van der Waals surface area contributed by atoms with E-state index < -0.39 is 41.3 Å². The normalized spacial score (nSPS) is 19.6. The fourth-order valence-electron chi connectivity index (χ4n) is 8.61. The summed E-state index contributed by atoms with van der Waals surface area (Å²) in [7, 11) is 1.51. The highest BCUT2D eigenvalue weighted by molar-refractivity contribution is 6.31. The zero-order valence-electron chi connectivity index (χ0n) is 32.8. The Bertz CT molecular complexity index is 2420. The average Bonchev–Trinajstić information content (AvgIpc) is 3.47. The SMILES string of the molecule is COc1cc2ncnc(Nc3ccc(F)c(Cl)c3)c2cc1NC(=O)/C=C/CN1CCC(CN2CCC(c3cc4c(cc3F)C(=O)N(C3CCC(=O)NC3=O)C4=O)CC2)CC1. The molecule has 17 heteroatoms. The van der Waals surface area contributed by atoms with Gasteiger partial charge >= 0.3 is 0 Å². The molecule has 0 aliphatic carbocycles. The van der Waals surface area contributed by atoms with E-state index in [1.807, 2.05) is 6.08 Å². The predicted octanol–water partition coefficient (Wildman–Crippen LogP) is 5.80. The summed E-state index contributed by atoms with van der Waals surface area (Å²) in [5, 5.41) is 8.79. The first-order valence-electron chi connectivity index (χ1n) is 20.0. The van der Waals surface area contributed by atoms with E-state index in [-0.39, 0.29) is 40.8 Å². The molecule has 3 N–H and O–H groups in total. The van der Waals surface area contributed by atoms with Gasteiger partial charge in [-0.05, 0) is 112 Å². The number of fused-ring (bicyclic) bond motifs is 2. The number of ether oxygens (including phenoxy) is 1. The number of piperidine rings is 3. The topological polar surface area (TPSA) is 166 Å². The first kappa shape index (κ1) is 40.9. The van der Waals surface area contributed by atoms with Crippen LogP contribution in [-0.4, -0.2) is 107 Å². The summed E-state index contributed by atoms with van der Waals surface area (Å²) in [6.45, 7) is 4.91. The maximum Gasteiger partial charge on any atom is 0.262 e. The summed E-state index contributed by atoms with van der Waals surface area (Å²) in [5.74, 6) is -2.62. The number of carbonyl (C=O) groups excluding carboxylic acids is 5. The second-order valence-electron chi connectivity index (χ2n) is 15.6. The number of aromatic nitrogens is 2. The van der Waals surface area contributed by atoms with Crippen LogP contribution in [0.2, 0.25) is 5.02 Å². The quantitative estimate of drug-likeness (QED) is 0.123. The fourth-order valence-corrected chi connectivity index (χ4v) is 8.79. The average molecular weight is 841 g/mol. The van der Waals surface area contributed by atoms with Crippen molar-refractivity contribution in [2.24, 2.45) is 5.92 Å². The molecule has 1 unspecified atom stereocenters. The number of amides is 5. The number of imide groups is 2. The van der Waals surface area contributed by atoms with Crippen molar-refractivity contribution in [1.29, 1.82) is 0 Å². The zero-order valence-corrected chi connectivity index (χ0v) is 33.6. The number of benzene rings is 3. The lowest BCUT2D eigenvalue weighted by molar-refractivity contribution is -0.136. The molecule has 3 aromatic carbocycles. The number of nitrogens with zero attached hydrogens (tertiary/aromatic N) is 5. The van der Waals surface area contributed by atoms with Crippen molar-refractivity contribution < 1.29 is 37.5 Å². The van der Waals surface area contributed by atoms with Crippen LogP contribution in [0.1, 0.15) is 70.7 Å². The largest absolute Gasteiger partial charge is 0.494 e. The Hall–Kier alpha value is -5.84. The van der Waals surface area contributed by atoms with Crippen LogP contribution in [0.25, 0.3) is 10.9 Å². The van der Waals surface area contributed by atoms with Crippen LogP contribution >= 0.6 is 11.6 Å². The van der Waals surface area contributed by atoms with Gasteiger partial charge in [0.25, 0.3) is 11.8 Å². The van der Waals surface area contributed by atoms with Gasteiger partial charge in [0.05, 0.1) is 34.5 Å². The van der Waals surface area contributed by atoms with E-state index in [9.17, 15) is 28.4 Å². The van der Waals surface area contributed by atoms with Crippen molar-refractivity contribution in [1.82, 2.24) is 30.0 Å². The van der Waals surface area contributed by atoms with E-state index >= 15 is 4.39 Å². The molecule has 3 fully saturated rings. The van der Waals surface area contributed by atoms with E-state index in [0.29, 0.717) is 64.7 Å². The number of methoxy groups -OCH3 is 1. The summed E-state index contributed by atoms with van der Waals surface area (Å²) in [4.78, 5) is 77.8. The standard InChI is InChI=1S/C43H43ClF2N8O6/c1-60-37-21-34-30(40(48-23-47-34)49-26-4-5-32(45)31(44)17-26)20-35(37)50-38(55)3-2-12-52-13-8-24(9-14-52)22-53-15-10-25(11-16-53)27-18-28-29(19-33(27)46)43(59)54(42(28)58)36-6-7-39(56)51-41(36)57/h2-5,17-21,23-25,36H,6-16,22H2,1H3,(H,50,55)(H,47,48,49)(H,51,56,57)/b3-2+. The molecule has 4 aliphatic heterocycles. The Morgan fingerprint density at radius 3 is 2.37 bits per heavy atom. The molecule has 312 valence electrons. The molecular weight excluding hydrogens is 798 g/mol. The highest BCUT2D eigenvalue weighted by Crippen LogP contribution is 2.37. The van der Waals surface area contributed by atoms with Crippen molar-refractivity contribution in [2.75, 3.05) is 57.0 Å². The number of rotatable bonds is 11. The summed E-state index contributed by atoms with van der Waals surface area (Å²) in [6, 6.07) is 9.20. The third kappa shape index (κ3) is 8.58. The third-order valence-electron chi connectivity index (χ3n) is 11.8. The Morgan fingerprint density at radius 1 is 0.917 bits per heavy atom. The van der Waals surface area contributed by atoms with Gasteiger partial charge in [-0.2, -0.15) is 0 Å². The number of hydrogen-bond acceptors (Lipinski definition) is 11. The van der Waals surface area contributed by atoms with Crippen molar-refractivity contribution in [3.8, 4) is 5.75 Å². The molecule has 4 aromatic rings. The Kier molecular flexibility index (Phi) is 11.9. The summed E-state index contributed by atoms with van der Waals surface area (Å²) in [5.41, 5.74) is 2.01. The van der Waals surface area contributed by atoms with Crippen LogP contribution in [0.5, 0.6) is 5.75 Å². The molecule has 1 aromatic heterocycles. The molecule has 4 aliphatic rings. The molecule has 0 bridgehead atoms.